The zero-order valence-electron chi connectivity index (χ0n) is 61.4. The lowest BCUT2D eigenvalue weighted by Crippen LogP contribution is -2.60. The number of amides is 7. The third kappa shape index (κ3) is 23.9. The summed E-state index contributed by atoms with van der Waals surface area (Å²) in [7, 11) is 2.65. The number of piperidine rings is 1. The number of allylic oxidation sites excluding steroid dienone is 2. The lowest BCUT2D eigenvalue weighted by molar-refractivity contribution is -0.148. The molecule has 542 valence electrons. The Morgan fingerprint density at radius 3 is 1.91 bits per heavy atom. The number of likely N-dealkylation sites (tertiary alicyclic amines) is 2. The molecule has 20 nitrogen and oxygen atoms in total. The zero-order valence-corrected chi connectivity index (χ0v) is 62.2. The van der Waals surface area contributed by atoms with Crippen LogP contribution >= 0.6 is 0 Å². The Hall–Kier alpha value is -6.42. The highest BCUT2D eigenvalue weighted by Crippen LogP contribution is 2.36. The lowest BCUT2D eigenvalue weighted by atomic mass is 9.78. The molecule has 11 atom stereocenters. The summed E-state index contributed by atoms with van der Waals surface area (Å²) in [6, 6.07) is 20.6. The first-order valence-corrected chi connectivity index (χ1v) is 37.5. The first kappa shape index (κ1) is 81.3. The van der Waals surface area contributed by atoms with Gasteiger partial charge in [0, 0.05) is 59.8 Å². The van der Waals surface area contributed by atoms with Crippen LogP contribution in [0.2, 0.25) is 0 Å². The van der Waals surface area contributed by atoms with Crippen LogP contribution in [-0.2, 0) is 60.2 Å². The van der Waals surface area contributed by atoms with Gasteiger partial charge >= 0.3 is 6.09 Å². The molecule has 1 aliphatic carbocycles. The molecule has 2 aromatic rings. The second kappa shape index (κ2) is 39.4. The minimum Gasteiger partial charge on any atom is -0.410 e. The molecular formula is C76H120N8O12S. The third-order valence-electron chi connectivity index (χ3n) is 19.8. The quantitative estimate of drug-likeness (QED) is 0.0461. The predicted octanol–water partition coefficient (Wildman–Crippen LogP) is 10.9. The van der Waals surface area contributed by atoms with Crippen molar-refractivity contribution in [3.63, 3.8) is 0 Å². The van der Waals surface area contributed by atoms with Gasteiger partial charge in [0.1, 0.15) is 17.8 Å². The standard InChI is InChI=1S/C76H120N8O12S/c1-17-20-21-27-31-54(10)50-81(13)67(53(8)9)73(89)78-66(52(6)7)74(90)82(14)68(55(11)19-3)64(94-15)48-65(85)84-44-30-34-63(84)69(95-16)56(12)70(86)77-62(72(88)80-97(92,93)61-39-40-61)47-57-35-37-60(38-36-57)96-75(91)83-45-41-58(42-46-83)71(87)79-76(43-18-2,49-51(4)5)59-32-28-25-23-22-24-26-29-33-59/h20-26,28-29,32-33,35-38,51-56,58,61-64,66-69H,17-19,27,30-31,34,39-50H2,1-16H3,(H,77,86)(H,78,89)(H,79,87)(H,80,88)/b21-20-,23-22?,24-22?,25-23?,26-24?,28-25?,29-26?,32-28?,33-29?,59-32?,59-33?/t54?,55-,56+,62-,63-,64+,66-,67-,68?,69+,76?/m0/s1. The number of sulfonamides is 1. The van der Waals surface area contributed by atoms with Crippen LogP contribution in [0, 0.1) is 41.4 Å². The molecule has 4 N–H and O–H groups in total. The van der Waals surface area contributed by atoms with E-state index in [9.17, 15) is 42.0 Å². The summed E-state index contributed by atoms with van der Waals surface area (Å²) in [5, 5.41) is 8.77. The van der Waals surface area contributed by atoms with Crippen LogP contribution in [0.25, 0.3) is 0 Å². The van der Waals surface area contributed by atoms with Crippen LogP contribution < -0.4 is 25.4 Å². The molecule has 0 radical (unpaired) electrons. The summed E-state index contributed by atoms with van der Waals surface area (Å²) in [4.78, 5) is 107. The number of hydrogen-bond donors (Lipinski definition) is 4. The summed E-state index contributed by atoms with van der Waals surface area (Å²) in [5.41, 5.74) is 0.983. The maximum atomic E-state index is 14.8. The van der Waals surface area contributed by atoms with Crippen LogP contribution in [0.1, 0.15) is 184 Å². The summed E-state index contributed by atoms with van der Waals surface area (Å²) in [6.07, 6.45) is 10.8. The highest BCUT2D eigenvalue weighted by atomic mass is 32.2. The number of ether oxygens (including phenoxy) is 3. The number of hydrogen-bond acceptors (Lipinski definition) is 13. The van der Waals surface area contributed by atoms with E-state index in [2.05, 4.69) is 84.5 Å². The number of benzene rings is 1. The van der Waals surface area contributed by atoms with Gasteiger partial charge in [0.25, 0.3) is 5.91 Å². The van der Waals surface area contributed by atoms with Gasteiger partial charge in [0.2, 0.25) is 39.6 Å². The van der Waals surface area contributed by atoms with E-state index < -0.39 is 87.1 Å². The van der Waals surface area contributed by atoms with E-state index in [0.717, 1.165) is 50.6 Å². The van der Waals surface area contributed by atoms with Gasteiger partial charge in [0.15, 0.2) is 0 Å². The van der Waals surface area contributed by atoms with Crippen molar-refractivity contribution in [3.8, 4) is 5.75 Å². The fourth-order valence-corrected chi connectivity index (χ4v) is 15.6. The first-order valence-electron chi connectivity index (χ1n) is 36.0. The molecule has 2 heterocycles. The maximum absolute atomic E-state index is 14.8. The van der Waals surface area contributed by atoms with Crippen molar-refractivity contribution in [2.24, 2.45) is 41.4 Å². The molecule has 21 heteroatoms. The monoisotopic (exact) mass is 1370 g/mol. The lowest BCUT2D eigenvalue weighted by Gasteiger charge is -2.41. The molecule has 3 fully saturated rings. The van der Waals surface area contributed by atoms with Gasteiger partial charge in [0.05, 0.1) is 53.5 Å². The van der Waals surface area contributed by atoms with Gasteiger partial charge in [-0.25, -0.2) is 13.2 Å². The number of nitrogens with one attached hydrogen (secondary N) is 4. The number of rotatable bonds is 37. The summed E-state index contributed by atoms with van der Waals surface area (Å²) in [5.74, 6) is -3.10. The Bertz CT molecular complexity index is 3040. The molecule has 1 saturated carbocycles. The minimum atomic E-state index is -4.03. The fraction of sp³-hybridized carbons (Fsp3) is 0.671. The van der Waals surface area contributed by atoms with Crippen LogP contribution in [-0.4, -0.2) is 172 Å². The third-order valence-corrected chi connectivity index (χ3v) is 21.6. The fourth-order valence-electron chi connectivity index (χ4n) is 14.3. The van der Waals surface area contributed by atoms with E-state index in [0.29, 0.717) is 82.0 Å². The molecule has 0 aromatic heterocycles. The molecule has 0 bridgehead atoms. The van der Waals surface area contributed by atoms with Gasteiger partial charge in [-0.1, -0.05) is 175 Å². The van der Waals surface area contributed by atoms with Gasteiger partial charge in [-0.15, -0.1) is 0 Å². The van der Waals surface area contributed by atoms with Gasteiger partial charge in [-0.2, -0.15) is 0 Å². The molecule has 2 aromatic carbocycles. The summed E-state index contributed by atoms with van der Waals surface area (Å²) >= 11 is 0. The normalized spacial score (nSPS) is 18.8. The number of carbonyl (C=O) groups is 7. The van der Waals surface area contributed by atoms with Crippen molar-refractivity contribution in [1.82, 2.24) is 40.3 Å². The Balaban J connectivity index is 1.25. The number of nitrogens with zero attached hydrogens (tertiary/aromatic N) is 4. The van der Waals surface area contributed by atoms with E-state index in [1.165, 1.54) is 14.2 Å². The first-order chi connectivity index (χ1) is 46.1. The van der Waals surface area contributed by atoms with E-state index in [4.69, 9.17) is 14.2 Å². The molecule has 5 rings (SSSR count). The molecule has 3 aliphatic rings. The predicted molar refractivity (Wildman–Crippen MR) is 383 cm³/mol. The van der Waals surface area contributed by atoms with E-state index in [1.807, 2.05) is 91.1 Å². The Labute approximate surface area is 581 Å². The van der Waals surface area contributed by atoms with Gasteiger partial charge in [-0.3, -0.25) is 38.4 Å². The maximum Gasteiger partial charge on any atom is 0.415 e. The van der Waals surface area contributed by atoms with Crippen molar-refractivity contribution < 1.29 is 56.2 Å². The average molecular weight is 1370 g/mol. The average Bonchev–Trinajstić information content (AvgIpc) is 1.60. The van der Waals surface area contributed by atoms with Crippen LogP contribution in [0.15, 0.2) is 91.0 Å². The van der Waals surface area contributed by atoms with Crippen molar-refractivity contribution in [2.45, 2.75) is 233 Å². The van der Waals surface area contributed by atoms with E-state index >= 15 is 0 Å². The van der Waals surface area contributed by atoms with Crippen molar-refractivity contribution in [1.29, 1.82) is 0 Å². The molecular weight excluding hydrogens is 1250 g/mol. The summed E-state index contributed by atoms with van der Waals surface area (Å²) < 4.78 is 46.7. The van der Waals surface area contributed by atoms with Crippen LogP contribution in [0.4, 0.5) is 4.79 Å². The molecule has 2 aliphatic heterocycles. The van der Waals surface area contributed by atoms with E-state index in [-0.39, 0.29) is 65.9 Å². The number of methoxy groups -OCH3 is 2. The van der Waals surface area contributed by atoms with Crippen molar-refractivity contribution in [3.05, 3.63) is 102 Å². The molecule has 0 spiro atoms. The molecule has 7 amide bonds. The van der Waals surface area contributed by atoms with Crippen molar-refractivity contribution >= 4 is 51.6 Å². The second-order valence-corrected chi connectivity index (χ2v) is 30.8. The number of likely N-dealkylation sites (N-methyl/N-ethyl adjacent to an activating group) is 2. The van der Waals surface area contributed by atoms with Gasteiger partial charge < -0.3 is 44.9 Å². The smallest absolute Gasteiger partial charge is 0.410 e. The van der Waals surface area contributed by atoms with Crippen molar-refractivity contribution in [2.75, 3.05) is 54.5 Å². The molecule has 2 saturated heterocycles. The Morgan fingerprint density at radius 1 is 0.732 bits per heavy atom. The Morgan fingerprint density at radius 2 is 1.36 bits per heavy atom. The summed E-state index contributed by atoms with van der Waals surface area (Å²) in [6.45, 7) is 26.0. The second-order valence-electron chi connectivity index (χ2n) is 28.8. The van der Waals surface area contributed by atoms with Gasteiger partial charge in [-0.05, 0) is 131 Å². The largest absolute Gasteiger partial charge is 0.415 e. The topological polar surface area (TPSA) is 242 Å². The van der Waals surface area contributed by atoms with Crippen LogP contribution in [0.5, 0.6) is 5.75 Å². The Kier molecular flexibility index (Phi) is 33.0. The van der Waals surface area contributed by atoms with Crippen LogP contribution in [0.3, 0.4) is 0 Å². The van der Waals surface area contributed by atoms with E-state index in [1.54, 1.807) is 52.9 Å². The number of carbonyl (C=O) groups excluding carboxylic acids is 7. The molecule has 3 unspecified atom stereocenters. The zero-order chi connectivity index (χ0) is 71.7. The highest BCUT2D eigenvalue weighted by molar-refractivity contribution is 7.90. The highest BCUT2D eigenvalue weighted by Gasteiger charge is 2.45. The minimum absolute atomic E-state index is 0.0285. The SMILES string of the molecule is CC/C=C\CCC(C)CN(C)[C@H](C(=O)N[C@H](C(=O)N(C)C([C@@H](C)CC)[C@@H](CC(=O)N1CCC[C@H]1[C@H](OC)[C@@H](C)C(=O)N[C@@H](Cc1ccc(OC(=O)N2CCC(C(=O)NC(CCC)(CC(C)C)c3ccccccccc3)CC2)cc1)C(=O)NS(=O)(=O)C1CC1)OC)C(C)C)C(C)C. The molecule has 97 heavy (non-hydrogen) atoms.